The maximum Gasteiger partial charge on any atom is 0.309 e. The van der Waals surface area contributed by atoms with Crippen molar-refractivity contribution >= 4 is 22.8 Å². The highest BCUT2D eigenvalue weighted by molar-refractivity contribution is 5.90. The van der Waals surface area contributed by atoms with Gasteiger partial charge < -0.3 is 14.6 Å². The molecule has 0 radical (unpaired) electrons. The van der Waals surface area contributed by atoms with Crippen LogP contribution >= 0.6 is 0 Å². The van der Waals surface area contributed by atoms with Crippen molar-refractivity contribution in [3.05, 3.63) is 53.7 Å². The quantitative estimate of drug-likeness (QED) is 0.550. The van der Waals surface area contributed by atoms with E-state index >= 15 is 0 Å². The first kappa shape index (κ1) is 22.1. The van der Waals surface area contributed by atoms with E-state index in [1.807, 2.05) is 30.0 Å². The lowest BCUT2D eigenvalue weighted by Crippen LogP contribution is -2.40. The lowest BCUT2D eigenvalue weighted by atomic mass is 9.96. The average Bonchev–Trinajstić information content (AvgIpc) is 3.17. The number of piperidine rings is 1. The van der Waals surface area contributed by atoms with Crippen molar-refractivity contribution in [2.75, 3.05) is 19.7 Å². The van der Waals surface area contributed by atoms with Crippen molar-refractivity contribution < 1.29 is 14.3 Å². The van der Waals surface area contributed by atoms with Gasteiger partial charge in [-0.25, -0.2) is 0 Å². The SMILES string of the molecule is CCOC(=O)C1CCN(C(=O)CCCc2c(-c3ccccn3)[nH]c3ccc(C)cc23)CC1. The molecule has 1 aliphatic rings. The second-order valence-corrected chi connectivity index (χ2v) is 8.50. The van der Waals surface area contributed by atoms with Gasteiger partial charge in [0.1, 0.15) is 0 Å². The number of ether oxygens (including phenoxy) is 1. The highest BCUT2D eigenvalue weighted by Gasteiger charge is 2.28. The summed E-state index contributed by atoms with van der Waals surface area (Å²) in [6, 6.07) is 12.3. The number of amides is 1. The summed E-state index contributed by atoms with van der Waals surface area (Å²) < 4.78 is 5.12. The number of esters is 1. The second kappa shape index (κ2) is 9.98. The average molecular weight is 434 g/mol. The number of aryl methyl sites for hydroxylation is 2. The van der Waals surface area contributed by atoms with Gasteiger partial charge in [0.2, 0.25) is 5.91 Å². The molecule has 0 saturated carbocycles. The molecule has 1 aromatic carbocycles. The molecule has 32 heavy (non-hydrogen) atoms. The highest BCUT2D eigenvalue weighted by Crippen LogP contribution is 2.31. The Kier molecular flexibility index (Phi) is 6.88. The summed E-state index contributed by atoms with van der Waals surface area (Å²) in [5, 5.41) is 1.20. The Morgan fingerprint density at radius 3 is 2.72 bits per heavy atom. The molecule has 6 nitrogen and oxygen atoms in total. The van der Waals surface area contributed by atoms with Crippen LogP contribution in [0.15, 0.2) is 42.6 Å². The molecule has 1 fully saturated rings. The van der Waals surface area contributed by atoms with Gasteiger partial charge in [-0.05, 0) is 69.4 Å². The molecular weight excluding hydrogens is 402 g/mol. The van der Waals surface area contributed by atoms with E-state index in [4.69, 9.17) is 4.74 Å². The van der Waals surface area contributed by atoms with Crippen LogP contribution in [0.5, 0.6) is 0 Å². The molecule has 3 heterocycles. The number of nitrogens with one attached hydrogen (secondary N) is 1. The van der Waals surface area contributed by atoms with Crippen LogP contribution in [0.4, 0.5) is 0 Å². The minimum atomic E-state index is -0.128. The lowest BCUT2D eigenvalue weighted by Gasteiger charge is -2.31. The van der Waals surface area contributed by atoms with Gasteiger partial charge in [-0.2, -0.15) is 0 Å². The van der Waals surface area contributed by atoms with Crippen LogP contribution in [0.2, 0.25) is 0 Å². The number of carbonyl (C=O) groups is 2. The molecule has 1 amide bonds. The van der Waals surface area contributed by atoms with E-state index in [1.165, 1.54) is 16.5 Å². The van der Waals surface area contributed by atoms with E-state index in [2.05, 4.69) is 35.1 Å². The van der Waals surface area contributed by atoms with Gasteiger partial charge in [0.15, 0.2) is 0 Å². The number of hydrogen-bond donors (Lipinski definition) is 1. The van der Waals surface area contributed by atoms with Gasteiger partial charge in [-0.1, -0.05) is 17.7 Å². The molecule has 4 rings (SSSR count). The Morgan fingerprint density at radius 2 is 2.00 bits per heavy atom. The monoisotopic (exact) mass is 433 g/mol. The number of likely N-dealkylation sites (tertiary alicyclic amines) is 1. The fourth-order valence-corrected chi connectivity index (χ4v) is 4.55. The van der Waals surface area contributed by atoms with Crippen molar-refractivity contribution in [2.24, 2.45) is 5.92 Å². The second-order valence-electron chi connectivity index (χ2n) is 8.50. The first-order valence-corrected chi connectivity index (χ1v) is 11.5. The standard InChI is InChI=1S/C26H31N3O3/c1-3-32-26(31)19-12-15-29(16-13-19)24(30)9-6-7-20-21-17-18(2)10-11-22(21)28-25(20)23-8-4-5-14-27-23/h4-5,8,10-11,14,17,19,28H,3,6-7,9,12-13,15-16H2,1-2H3. The number of carbonyl (C=O) groups excluding carboxylic acids is 2. The summed E-state index contributed by atoms with van der Waals surface area (Å²) in [7, 11) is 0. The fraction of sp³-hybridized carbons (Fsp3) is 0.423. The van der Waals surface area contributed by atoms with Crippen molar-refractivity contribution in [3.8, 4) is 11.4 Å². The van der Waals surface area contributed by atoms with Crippen molar-refractivity contribution in [1.29, 1.82) is 0 Å². The largest absolute Gasteiger partial charge is 0.466 e. The van der Waals surface area contributed by atoms with Gasteiger partial charge >= 0.3 is 5.97 Å². The molecule has 0 bridgehead atoms. The number of aromatic amines is 1. The minimum absolute atomic E-state index is 0.0746. The molecular formula is C26H31N3O3. The van der Waals surface area contributed by atoms with Crippen LogP contribution in [0.25, 0.3) is 22.3 Å². The maximum atomic E-state index is 12.8. The Bertz CT molecular complexity index is 1080. The molecule has 0 unspecified atom stereocenters. The third-order valence-electron chi connectivity index (χ3n) is 6.27. The number of pyridine rings is 1. The molecule has 1 aliphatic heterocycles. The summed E-state index contributed by atoms with van der Waals surface area (Å²) in [6.45, 7) is 5.60. The van der Waals surface area contributed by atoms with E-state index in [-0.39, 0.29) is 17.8 Å². The molecule has 1 saturated heterocycles. The molecule has 1 N–H and O–H groups in total. The topological polar surface area (TPSA) is 75.3 Å². The van der Waals surface area contributed by atoms with Crippen LogP contribution < -0.4 is 0 Å². The third kappa shape index (κ3) is 4.85. The lowest BCUT2D eigenvalue weighted by molar-refractivity contribution is -0.151. The number of hydrogen-bond acceptors (Lipinski definition) is 4. The molecule has 3 aromatic rings. The first-order valence-electron chi connectivity index (χ1n) is 11.5. The van der Waals surface area contributed by atoms with E-state index < -0.39 is 0 Å². The maximum absolute atomic E-state index is 12.8. The van der Waals surface area contributed by atoms with Crippen LogP contribution in [0.3, 0.4) is 0 Å². The summed E-state index contributed by atoms with van der Waals surface area (Å²) in [4.78, 5) is 34.7. The molecule has 168 valence electrons. The predicted octanol–water partition coefficient (Wildman–Crippen LogP) is 4.66. The Balaban J connectivity index is 1.41. The van der Waals surface area contributed by atoms with Crippen LogP contribution in [0, 0.1) is 12.8 Å². The Morgan fingerprint density at radius 1 is 1.19 bits per heavy atom. The van der Waals surface area contributed by atoms with E-state index in [9.17, 15) is 9.59 Å². The molecule has 0 spiro atoms. The van der Waals surface area contributed by atoms with Crippen molar-refractivity contribution in [1.82, 2.24) is 14.9 Å². The van der Waals surface area contributed by atoms with E-state index in [1.54, 1.807) is 6.20 Å². The zero-order chi connectivity index (χ0) is 22.5. The number of nitrogens with zero attached hydrogens (tertiary/aromatic N) is 2. The number of aromatic nitrogens is 2. The van der Waals surface area contributed by atoms with E-state index in [0.29, 0.717) is 39.0 Å². The van der Waals surface area contributed by atoms with E-state index in [0.717, 1.165) is 29.7 Å². The number of fused-ring (bicyclic) bond motifs is 1. The van der Waals surface area contributed by atoms with Crippen molar-refractivity contribution in [2.45, 2.75) is 46.0 Å². The third-order valence-corrected chi connectivity index (χ3v) is 6.27. The van der Waals surface area contributed by atoms with Crippen LogP contribution in [0.1, 0.15) is 43.7 Å². The number of H-pyrrole nitrogens is 1. The van der Waals surface area contributed by atoms with Gasteiger partial charge in [0.25, 0.3) is 0 Å². The zero-order valence-electron chi connectivity index (χ0n) is 18.9. The minimum Gasteiger partial charge on any atom is -0.466 e. The fourth-order valence-electron chi connectivity index (χ4n) is 4.55. The summed E-state index contributed by atoms with van der Waals surface area (Å²) >= 11 is 0. The normalized spacial score (nSPS) is 14.6. The zero-order valence-corrected chi connectivity index (χ0v) is 18.9. The van der Waals surface area contributed by atoms with Gasteiger partial charge in [0, 0.05) is 36.6 Å². The number of rotatable bonds is 7. The van der Waals surface area contributed by atoms with Gasteiger partial charge in [-0.3, -0.25) is 14.6 Å². The number of benzene rings is 1. The van der Waals surface area contributed by atoms with Gasteiger partial charge in [0.05, 0.1) is 23.9 Å². The summed E-state index contributed by atoms with van der Waals surface area (Å²) in [5.41, 5.74) is 5.48. The highest BCUT2D eigenvalue weighted by atomic mass is 16.5. The summed E-state index contributed by atoms with van der Waals surface area (Å²) in [5.74, 6) is -0.0339. The van der Waals surface area contributed by atoms with Crippen LogP contribution in [-0.4, -0.2) is 46.4 Å². The molecule has 0 atom stereocenters. The van der Waals surface area contributed by atoms with Gasteiger partial charge in [-0.15, -0.1) is 0 Å². The smallest absolute Gasteiger partial charge is 0.309 e. The molecule has 6 heteroatoms. The van der Waals surface area contributed by atoms with Crippen LogP contribution in [-0.2, 0) is 20.7 Å². The Labute approximate surface area is 189 Å². The molecule has 0 aliphatic carbocycles. The van der Waals surface area contributed by atoms with Crippen molar-refractivity contribution in [3.63, 3.8) is 0 Å². The summed E-state index contributed by atoms with van der Waals surface area (Å²) in [6.07, 6.45) is 5.27. The predicted molar refractivity (Wildman–Crippen MR) is 125 cm³/mol. The first-order chi connectivity index (χ1) is 15.6. The Hall–Kier alpha value is -3.15. The molecule has 2 aromatic heterocycles.